The number of carbonyl (C=O) groups is 1. The molecule has 4 heteroatoms. The van der Waals surface area contributed by atoms with Gasteiger partial charge >= 0.3 is 0 Å². The Labute approximate surface area is 148 Å². The van der Waals surface area contributed by atoms with Crippen molar-refractivity contribution in [2.24, 2.45) is 5.41 Å². The quantitative estimate of drug-likeness (QED) is 0.779. The maximum Gasteiger partial charge on any atom is 0.236 e. The van der Waals surface area contributed by atoms with Gasteiger partial charge in [0.2, 0.25) is 5.91 Å². The highest BCUT2D eigenvalue weighted by atomic mass is 16.5. The molecule has 0 aromatic heterocycles. The van der Waals surface area contributed by atoms with Gasteiger partial charge in [-0.2, -0.15) is 0 Å². The van der Waals surface area contributed by atoms with Crippen molar-refractivity contribution in [3.8, 4) is 11.5 Å². The molecule has 1 spiro atoms. The normalized spacial score (nSPS) is 21.3. The molecule has 1 amide bonds. The first kappa shape index (κ1) is 16.0. The van der Waals surface area contributed by atoms with Gasteiger partial charge in [-0.1, -0.05) is 25.0 Å². The summed E-state index contributed by atoms with van der Waals surface area (Å²) in [6.07, 6.45) is 4.23. The largest absolute Gasteiger partial charge is 0.497 e. The summed E-state index contributed by atoms with van der Waals surface area (Å²) in [6, 6.07) is 16.0. The van der Waals surface area contributed by atoms with Crippen molar-refractivity contribution < 1.29 is 14.3 Å². The highest BCUT2D eigenvalue weighted by Gasteiger charge is 2.62. The van der Waals surface area contributed by atoms with Crippen molar-refractivity contribution in [1.29, 1.82) is 0 Å². The van der Waals surface area contributed by atoms with Crippen LogP contribution in [0.1, 0.15) is 37.3 Å². The molecule has 1 aliphatic carbocycles. The predicted molar refractivity (Wildman–Crippen MR) is 97.1 cm³/mol. The lowest BCUT2D eigenvalue weighted by molar-refractivity contribution is -0.139. The van der Waals surface area contributed by atoms with Crippen LogP contribution in [0.3, 0.4) is 0 Å². The van der Waals surface area contributed by atoms with E-state index in [4.69, 9.17) is 9.47 Å². The van der Waals surface area contributed by atoms with E-state index >= 15 is 0 Å². The molecule has 2 fully saturated rings. The molecule has 0 bridgehead atoms. The Morgan fingerprint density at radius 1 is 0.880 bits per heavy atom. The molecule has 4 rings (SSSR count). The zero-order valence-corrected chi connectivity index (χ0v) is 14.7. The average Bonchev–Trinajstić information content (AvgIpc) is 3.18. The van der Waals surface area contributed by atoms with Crippen molar-refractivity contribution in [2.45, 2.75) is 31.7 Å². The summed E-state index contributed by atoms with van der Waals surface area (Å²) < 4.78 is 10.5. The van der Waals surface area contributed by atoms with Gasteiger partial charge in [0.1, 0.15) is 11.5 Å². The third-order valence-corrected chi connectivity index (χ3v) is 5.70. The van der Waals surface area contributed by atoms with Gasteiger partial charge in [-0.25, -0.2) is 0 Å². The smallest absolute Gasteiger partial charge is 0.236 e. The van der Waals surface area contributed by atoms with E-state index in [9.17, 15) is 4.79 Å². The zero-order valence-electron chi connectivity index (χ0n) is 14.7. The standard InChI is InChI=1S/C21H23NO3/c1-24-17-9-5-15(6-10-17)19-21(13-3-4-14-21)20(23)22(19)16-7-11-18(25-2)12-8-16/h5-12,19H,3-4,13-14H2,1-2H3. The monoisotopic (exact) mass is 337 g/mol. The fraction of sp³-hybridized carbons (Fsp3) is 0.381. The van der Waals surface area contributed by atoms with Gasteiger partial charge < -0.3 is 14.4 Å². The minimum atomic E-state index is -0.228. The minimum absolute atomic E-state index is 0.0989. The lowest BCUT2D eigenvalue weighted by Gasteiger charge is -2.55. The Hall–Kier alpha value is -2.49. The van der Waals surface area contributed by atoms with E-state index in [1.165, 1.54) is 5.56 Å². The average molecular weight is 337 g/mol. The molecular weight excluding hydrogens is 314 g/mol. The topological polar surface area (TPSA) is 38.8 Å². The molecule has 130 valence electrons. The molecule has 25 heavy (non-hydrogen) atoms. The molecule has 1 unspecified atom stereocenters. The third-order valence-electron chi connectivity index (χ3n) is 5.70. The van der Waals surface area contributed by atoms with E-state index in [0.717, 1.165) is 42.9 Å². The number of methoxy groups -OCH3 is 2. The number of anilines is 1. The molecule has 0 N–H and O–H groups in total. The first-order chi connectivity index (χ1) is 12.2. The SMILES string of the molecule is COc1ccc(C2N(c3ccc(OC)cc3)C(=O)C23CCCC3)cc1. The molecule has 1 aliphatic heterocycles. The van der Waals surface area contributed by atoms with Gasteiger partial charge in [-0.3, -0.25) is 4.79 Å². The van der Waals surface area contributed by atoms with E-state index in [1.54, 1.807) is 14.2 Å². The molecule has 1 atom stereocenters. The van der Waals surface area contributed by atoms with Gasteiger partial charge in [0.25, 0.3) is 0 Å². The van der Waals surface area contributed by atoms with Crippen LogP contribution in [-0.4, -0.2) is 20.1 Å². The van der Waals surface area contributed by atoms with E-state index in [0.29, 0.717) is 0 Å². The van der Waals surface area contributed by atoms with E-state index in [-0.39, 0.29) is 17.4 Å². The summed E-state index contributed by atoms with van der Waals surface area (Å²) in [5, 5.41) is 0. The number of rotatable bonds is 4. The predicted octanol–water partition coefficient (Wildman–Crippen LogP) is 4.35. The van der Waals surface area contributed by atoms with E-state index in [2.05, 4.69) is 12.1 Å². The molecule has 1 heterocycles. The van der Waals surface area contributed by atoms with Gasteiger partial charge in [0.15, 0.2) is 0 Å². The first-order valence-corrected chi connectivity index (χ1v) is 8.81. The first-order valence-electron chi connectivity index (χ1n) is 8.81. The second-order valence-electron chi connectivity index (χ2n) is 6.91. The second-order valence-corrected chi connectivity index (χ2v) is 6.91. The van der Waals surface area contributed by atoms with Crippen LogP contribution in [0.15, 0.2) is 48.5 Å². The lowest BCUT2D eigenvalue weighted by Crippen LogP contribution is -2.62. The van der Waals surface area contributed by atoms with Gasteiger partial charge in [0, 0.05) is 5.69 Å². The number of hydrogen-bond acceptors (Lipinski definition) is 3. The summed E-state index contributed by atoms with van der Waals surface area (Å²) >= 11 is 0. The van der Waals surface area contributed by atoms with Crippen molar-refractivity contribution in [2.75, 3.05) is 19.1 Å². The fourth-order valence-electron chi connectivity index (χ4n) is 4.41. The number of nitrogens with zero attached hydrogens (tertiary/aromatic N) is 1. The van der Waals surface area contributed by atoms with Gasteiger partial charge in [-0.15, -0.1) is 0 Å². The maximum absolute atomic E-state index is 13.1. The maximum atomic E-state index is 13.1. The molecule has 2 aliphatic rings. The summed E-state index contributed by atoms with van der Waals surface area (Å²) in [7, 11) is 3.32. The van der Waals surface area contributed by atoms with Crippen LogP contribution in [0.4, 0.5) is 5.69 Å². The zero-order chi connectivity index (χ0) is 17.4. The van der Waals surface area contributed by atoms with Gasteiger partial charge in [0.05, 0.1) is 25.7 Å². The highest BCUT2D eigenvalue weighted by molar-refractivity contribution is 6.06. The van der Waals surface area contributed by atoms with E-state index in [1.807, 2.05) is 41.3 Å². The molecule has 4 nitrogen and oxygen atoms in total. The highest BCUT2D eigenvalue weighted by Crippen LogP contribution is 2.60. The van der Waals surface area contributed by atoms with Crippen LogP contribution in [-0.2, 0) is 4.79 Å². The van der Waals surface area contributed by atoms with Crippen LogP contribution >= 0.6 is 0 Å². The summed E-state index contributed by atoms with van der Waals surface area (Å²) in [5.41, 5.74) is 1.89. The van der Waals surface area contributed by atoms with Crippen molar-refractivity contribution in [3.63, 3.8) is 0 Å². The fourth-order valence-corrected chi connectivity index (χ4v) is 4.41. The second kappa shape index (κ2) is 6.10. The van der Waals surface area contributed by atoms with Crippen LogP contribution in [0.25, 0.3) is 0 Å². The molecular formula is C21H23NO3. The van der Waals surface area contributed by atoms with E-state index < -0.39 is 0 Å². The van der Waals surface area contributed by atoms with Crippen LogP contribution in [0.5, 0.6) is 11.5 Å². The lowest BCUT2D eigenvalue weighted by atomic mass is 9.66. The van der Waals surface area contributed by atoms with Gasteiger partial charge in [-0.05, 0) is 54.8 Å². The molecule has 2 aromatic carbocycles. The molecule has 0 radical (unpaired) electrons. The Morgan fingerprint density at radius 3 is 1.92 bits per heavy atom. The number of β-lactam (4-membered cyclic amide) rings is 1. The molecule has 1 saturated heterocycles. The van der Waals surface area contributed by atoms with Crippen LogP contribution in [0.2, 0.25) is 0 Å². The molecule has 2 aromatic rings. The van der Waals surface area contributed by atoms with Crippen LogP contribution in [0, 0.1) is 5.41 Å². The number of carbonyl (C=O) groups excluding carboxylic acids is 1. The summed E-state index contributed by atoms with van der Waals surface area (Å²) in [5.74, 6) is 1.90. The van der Waals surface area contributed by atoms with Crippen molar-refractivity contribution in [3.05, 3.63) is 54.1 Å². The summed E-state index contributed by atoms with van der Waals surface area (Å²) in [6.45, 7) is 0. The third kappa shape index (κ3) is 2.39. The number of benzene rings is 2. The number of hydrogen-bond donors (Lipinski definition) is 0. The molecule has 1 saturated carbocycles. The summed E-state index contributed by atoms with van der Waals surface area (Å²) in [4.78, 5) is 15.1. The van der Waals surface area contributed by atoms with Crippen molar-refractivity contribution >= 4 is 11.6 Å². The number of ether oxygens (including phenoxy) is 2. The Bertz CT molecular complexity index is 761. The van der Waals surface area contributed by atoms with Crippen LogP contribution < -0.4 is 14.4 Å². The van der Waals surface area contributed by atoms with Crippen molar-refractivity contribution in [1.82, 2.24) is 0 Å². The Kier molecular flexibility index (Phi) is 3.91. The Morgan fingerprint density at radius 2 is 1.40 bits per heavy atom. The Balaban J connectivity index is 1.72. The minimum Gasteiger partial charge on any atom is -0.497 e. The number of amides is 1.